The number of rotatable bonds is 8. The number of hydrogen-bond acceptors (Lipinski definition) is 5. The third kappa shape index (κ3) is 7.64. The van der Waals surface area contributed by atoms with Crippen LogP contribution in [0.4, 0.5) is 5.69 Å². The molecule has 0 fully saturated rings. The summed E-state index contributed by atoms with van der Waals surface area (Å²) in [5.74, 6) is 2.35. The van der Waals surface area contributed by atoms with Gasteiger partial charge in [-0.1, -0.05) is 170 Å². The normalized spacial score (nSPS) is 13.8. The van der Waals surface area contributed by atoms with Crippen LogP contribution in [0.5, 0.6) is 0 Å². The van der Waals surface area contributed by atoms with Gasteiger partial charge in [0.15, 0.2) is 5.82 Å². The molecule has 0 aliphatic carbocycles. The Balaban J connectivity index is 1.09. The van der Waals surface area contributed by atoms with Gasteiger partial charge in [-0.05, 0) is 83.4 Å². The number of para-hydroxylation sites is 2. The lowest BCUT2D eigenvalue weighted by molar-refractivity contribution is 1.10. The Labute approximate surface area is 378 Å². The third-order valence-electron chi connectivity index (χ3n) is 11.8. The SMILES string of the molecule is C=C1/C=C\C=C/CN=C(c2ccccc2)N1c1ccc(-c2nc(-c3ccc(-n4c(-c5ccccc5)nc5ccccc54)cc3)c3cc(-c4ccccc4)cc(-c4ccccc4)c3n2)cc1. The van der Waals surface area contributed by atoms with Crippen LogP contribution >= 0.6 is 0 Å². The van der Waals surface area contributed by atoms with Crippen LogP contribution in [-0.2, 0) is 0 Å². The molecule has 0 atom stereocenters. The van der Waals surface area contributed by atoms with Crippen LogP contribution in [-0.4, -0.2) is 31.9 Å². The number of imidazole rings is 1. The van der Waals surface area contributed by atoms with Crippen molar-refractivity contribution in [2.45, 2.75) is 0 Å². The highest BCUT2D eigenvalue weighted by Gasteiger charge is 2.21. The van der Waals surface area contributed by atoms with Gasteiger partial charge < -0.3 is 0 Å². The fourth-order valence-corrected chi connectivity index (χ4v) is 8.64. The smallest absolute Gasteiger partial charge is 0.160 e. The number of benzene rings is 8. The fourth-order valence-electron chi connectivity index (χ4n) is 8.64. The lowest BCUT2D eigenvalue weighted by Gasteiger charge is -2.27. The van der Waals surface area contributed by atoms with Crippen molar-refractivity contribution in [3.8, 4) is 62.0 Å². The Bertz CT molecular complexity index is 3430. The Morgan fingerprint density at radius 1 is 0.462 bits per heavy atom. The summed E-state index contributed by atoms with van der Waals surface area (Å²) < 4.78 is 2.24. The van der Waals surface area contributed by atoms with Crippen molar-refractivity contribution < 1.29 is 0 Å². The standard InChI is InChI=1S/C59H42N6/c1-41-19-7-6-18-38-60-58(46-24-12-4-13-25-46)64(41)49-36-32-45(33-37-49)57-62-55(52-40-48(42-20-8-2-9-21-42)39-51(56(52)63-57)43-22-10-3-11-23-43)44-30-34-50(35-31-44)65-54-29-17-16-28-53(54)61-59(65)47-26-14-5-15-27-47/h2-37,39-40H,1,38H2/b18-6-,19-7-,60-58?. The summed E-state index contributed by atoms with van der Waals surface area (Å²) in [5.41, 5.74) is 14.7. The lowest BCUT2D eigenvalue weighted by Crippen LogP contribution is -2.30. The van der Waals surface area contributed by atoms with Gasteiger partial charge in [0.25, 0.3) is 0 Å². The van der Waals surface area contributed by atoms with E-state index in [0.29, 0.717) is 12.4 Å². The summed E-state index contributed by atoms with van der Waals surface area (Å²) in [7, 11) is 0. The molecule has 11 rings (SSSR count). The topological polar surface area (TPSA) is 59.2 Å². The minimum absolute atomic E-state index is 0.550. The molecule has 2 aromatic heterocycles. The Morgan fingerprint density at radius 2 is 1.06 bits per heavy atom. The van der Waals surface area contributed by atoms with Crippen LogP contribution < -0.4 is 4.90 Å². The van der Waals surface area contributed by atoms with Gasteiger partial charge in [-0.3, -0.25) is 14.5 Å². The van der Waals surface area contributed by atoms with Gasteiger partial charge in [0.1, 0.15) is 11.7 Å². The van der Waals surface area contributed by atoms with Crippen molar-refractivity contribution in [2.24, 2.45) is 4.99 Å². The number of amidine groups is 1. The summed E-state index contributed by atoms with van der Waals surface area (Å²) in [4.78, 5) is 23.2. The second-order valence-electron chi connectivity index (χ2n) is 15.9. The summed E-state index contributed by atoms with van der Waals surface area (Å²) in [6.07, 6.45) is 8.10. The second-order valence-corrected chi connectivity index (χ2v) is 15.9. The van der Waals surface area contributed by atoms with Gasteiger partial charge in [0.05, 0.1) is 28.8 Å². The zero-order chi connectivity index (χ0) is 43.5. The van der Waals surface area contributed by atoms with Crippen molar-refractivity contribution in [1.82, 2.24) is 19.5 Å². The van der Waals surface area contributed by atoms with E-state index in [1.807, 2.05) is 48.6 Å². The molecular formula is C59H42N6. The first kappa shape index (κ1) is 39.1. The molecule has 8 aromatic carbocycles. The summed E-state index contributed by atoms with van der Waals surface area (Å²) >= 11 is 0. The highest BCUT2D eigenvalue weighted by Crippen LogP contribution is 2.40. The first-order chi connectivity index (χ1) is 32.2. The van der Waals surface area contributed by atoms with Crippen LogP contribution in [0.3, 0.4) is 0 Å². The molecule has 0 radical (unpaired) electrons. The molecule has 0 spiro atoms. The fraction of sp³-hybridized carbons (Fsp3) is 0.0169. The van der Waals surface area contributed by atoms with Gasteiger partial charge in [-0.2, -0.15) is 0 Å². The van der Waals surface area contributed by atoms with E-state index in [1.54, 1.807) is 0 Å². The van der Waals surface area contributed by atoms with E-state index < -0.39 is 0 Å². The summed E-state index contributed by atoms with van der Waals surface area (Å²) in [5, 5.41) is 0.966. The van der Waals surface area contributed by atoms with Crippen molar-refractivity contribution in [2.75, 3.05) is 11.4 Å². The largest absolute Gasteiger partial charge is 0.295 e. The predicted molar refractivity (Wildman–Crippen MR) is 269 cm³/mol. The molecule has 6 nitrogen and oxygen atoms in total. The van der Waals surface area contributed by atoms with Crippen LogP contribution in [0.1, 0.15) is 5.56 Å². The van der Waals surface area contributed by atoms with E-state index in [1.165, 1.54) is 0 Å². The molecule has 1 aliphatic rings. The molecule has 0 unspecified atom stereocenters. The molecule has 6 heteroatoms. The Kier molecular flexibility index (Phi) is 10.4. The maximum absolute atomic E-state index is 5.47. The molecule has 1 aliphatic heterocycles. The minimum atomic E-state index is 0.550. The molecule has 10 aromatic rings. The average Bonchev–Trinajstić information content (AvgIpc) is 3.81. The molecular weight excluding hydrogens is 793 g/mol. The quantitative estimate of drug-likeness (QED) is 0.153. The number of anilines is 1. The number of allylic oxidation sites excluding steroid dienone is 3. The van der Waals surface area contributed by atoms with Gasteiger partial charge in [0, 0.05) is 50.3 Å². The number of fused-ring (bicyclic) bond motifs is 2. The monoisotopic (exact) mass is 834 g/mol. The number of nitrogens with zero attached hydrogens (tertiary/aromatic N) is 6. The molecule has 308 valence electrons. The first-order valence-electron chi connectivity index (χ1n) is 21.8. The van der Waals surface area contributed by atoms with E-state index in [2.05, 4.69) is 198 Å². The third-order valence-corrected chi connectivity index (χ3v) is 11.8. The maximum atomic E-state index is 5.47. The van der Waals surface area contributed by atoms with E-state index in [9.17, 15) is 0 Å². The van der Waals surface area contributed by atoms with Gasteiger partial charge in [-0.25, -0.2) is 15.0 Å². The zero-order valence-electron chi connectivity index (χ0n) is 35.5. The van der Waals surface area contributed by atoms with Crippen molar-refractivity contribution in [3.63, 3.8) is 0 Å². The molecule has 0 N–H and O–H groups in total. The minimum Gasteiger partial charge on any atom is -0.295 e. The molecule has 0 bridgehead atoms. The van der Waals surface area contributed by atoms with Crippen molar-refractivity contribution in [3.05, 3.63) is 248 Å². The average molecular weight is 835 g/mol. The number of hydrogen-bond donors (Lipinski definition) is 0. The van der Waals surface area contributed by atoms with Crippen molar-refractivity contribution >= 4 is 33.5 Å². The van der Waals surface area contributed by atoms with Gasteiger partial charge in [0.2, 0.25) is 0 Å². The summed E-state index contributed by atoms with van der Waals surface area (Å²) in [6, 6.07) is 71.6. The van der Waals surface area contributed by atoms with Crippen LogP contribution in [0.15, 0.2) is 248 Å². The van der Waals surface area contributed by atoms with Gasteiger partial charge in [-0.15, -0.1) is 0 Å². The first-order valence-corrected chi connectivity index (χ1v) is 21.8. The number of aromatic nitrogens is 4. The highest BCUT2D eigenvalue weighted by atomic mass is 15.2. The molecule has 65 heavy (non-hydrogen) atoms. The van der Waals surface area contributed by atoms with Gasteiger partial charge >= 0.3 is 0 Å². The molecule has 0 amide bonds. The van der Waals surface area contributed by atoms with E-state index in [4.69, 9.17) is 19.9 Å². The Hall–Kier alpha value is -8.74. The maximum Gasteiger partial charge on any atom is 0.160 e. The Morgan fingerprint density at radius 3 is 1.77 bits per heavy atom. The molecule has 3 heterocycles. The second kappa shape index (κ2) is 17.2. The van der Waals surface area contributed by atoms with E-state index in [-0.39, 0.29) is 0 Å². The van der Waals surface area contributed by atoms with Crippen LogP contribution in [0, 0.1) is 0 Å². The zero-order valence-corrected chi connectivity index (χ0v) is 35.5. The molecule has 0 saturated carbocycles. The lowest BCUT2D eigenvalue weighted by atomic mass is 9.93. The van der Waals surface area contributed by atoms with Crippen LogP contribution in [0.2, 0.25) is 0 Å². The van der Waals surface area contributed by atoms with E-state index >= 15 is 0 Å². The molecule has 0 saturated heterocycles. The highest BCUT2D eigenvalue weighted by molar-refractivity contribution is 6.12. The van der Waals surface area contributed by atoms with Crippen molar-refractivity contribution in [1.29, 1.82) is 0 Å². The van der Waals surface area contributed by atoms with E-state index in [0.717, 1.165) is 101 Å². The number of aliphatic imine (C=N–C) groups is 1. The predicted octanol–water partition coefficient (Wildman–Crippen LogP) is 14.2. The van der Waals surface area contributed by atoms with Crippen LogP contribution in [0.25, 0.3) is 83.9 Å². The summed E-state index contributed by atoms with van der Waals surface area (Å²) in [6.45, 7) is 5.02.